The number of hydrogen-bond acceptors (Lipinski definition) is 6. The average Bonchev–Trinajstić information content (AvgIpc) is 3.27. The molecule has 7 heteroatoms. The first kappa shape index (κ1) is 23.1. The number of ether oxygens (including phenoxy) is 1. The monoisotopic (exact) mass is 456 g/mol. The predicted octanol–water partition coefficient (Wildman–Crippen LogP) is 6.06. The van der Waals surface area contributed by atoms with E-state index in [0.29, 0.717) is 19.0 Å². The molecule has 6 nitrogen and oxygen atoms in total. The van der Waals surface area contributed by atoms with Gasteiger partial charge in [-0.15, -0.1) is 11.3 Å². The van der Waals surface area contributed by atoms with Gasteiger partial charge in [0.25, 0.3) is 0 Å². The van der Waals surface area contributed by atoms with E-state index >= 15 is 0 Å². The number of hydrogen-bond donors (Lipinski definition) is 0. The SMILES string of the molecule is CC(C)(C)OC(=O)N1CCC(c2nc(-c3cc(C4(C)CC4)nc(C(C)(C)C)n3)cs2)CC1. The molecule has 1 saturated heterocycles. The summed E-state index contributed by atoms with van der Waals surface area (Å²) in [5, 5.41) is 3.27. The van der Waals surface area contributed by atoms with Gasteiger partial charge in [-0.05, 0) is 52.5 Å². The summed E-state index contributed by atoms with van der Waals surface area (Å²) in [4.78, 5) is 29.0. The maximum Gasteiger partial charge on any atom is 0.410 e. The van der Waals surface area contributed by atoms with Gasteiger partial charge in [0.05, 0.1) is 22.1 Å². The van der Waals surface area contributed by atoms with Crippen LogP contribution >= 0.6 is 11.3 Å². The van der Waals surface area contributed by atoms with E-state index < -0.39 is 5.60 Å². The number of thiazole rings is 1. The fourth-order valence-corrected chi connectivity index (χ4v) is 4.88. The molecule has 0 radical (unpaired) electrons. The minimum Gasteiger partial charge on any atom is -0.444 e. The van der Waals surface area contributed by atoms with Crippen molar-refractivity contribution in [3.05, 3.63) is 28.0 Å². The second kappa shape index (κ2) is 8.08. The Balaban J connectivity index is 1.50. The summed E-state index contributed by atoms with van der Waals surface area (Å²) in [6.07, 6.45) is 3.98. The number of amides is 1. The molecule has 1 aliphatic heterocycles. The van der Waals surface area contributed by atoms with E-state index in [4.69, 9.17) is 19.7 Å². The number of likely N-dealkylation sites (tertiary alicyclic amines) is 1. The first-order chi connectivity index (χ1) is 14.8. The molecule has 0 aromatic carbocycles. The molecule has 1 aliphatic carbocycles. The Bertz CT molecular complexity index is 967. The fraction of sp³-hybridized carbons (Fsp3) is 0.680. The summed E-state index contributed by atoms with van der Waals surface area (Å²) >= 11 is 1.71. The van der Waals surface area contributed by atoms with E-state index in [1.165, 1.54) is 12.8 Å². The van der Waals surface area contributed by atoms with Crippen LogP contribution in [0.4, 0.5) is 4.79 Å². The quantitative estimate of drug-likeness (QED) is 0.561. The van der Waals surface area contributed by atoms with Gasteiger partial charge < -0.3 is 9.64 Å². The number of aromatic nitrogens is 3. The number of piperidine rings is 1. The molecule has 0 bridgehead atoms. The first-order valence-electron chi connectivity index (χ1n) is 11.7. The highest BCUT2D eigenvalue weighted by atomic mass is 32.1. The lowest BCUT2D eigenvalue weighted by Gasteiger charge is -2.32. The smallest absolute Gasteiger partial charge is 0.410 e. The van der Waals surface area contributed by atoms with Crippen molar-refractivity contribution in [1.29, 1.82) is 0 Å². The Hall–Kier alpha value is -2.02. The van der Waals surface area contributed by atoms with Crippen molar-refractivity contribution in [2.24, 2.45) is 0 Å². The Morgan fingerprint density at radius 3 is 2.28 bits per heavy atom. The minimum atomic E-state index is -0.460. The van der Waals surface area contributed by atoms with Crippen LogP contribution in [0.2, 0.25) is 0 Å². The third kappa shape index (κ3) is 5.13. The third-order valence-electron chi connectivity index (χ3n) is 6.30. The summed E-state index contributed by atoms with van der Waals surface area (Å²) in [5.41, 5.74) is 2.64. The molecule has 2 aliphatic rings. The van der Waals surface area contributed by atoms with Crippen molar-refractivity contribution in [3.63, 3.8) is 0 Å². The van der Waals surface area contributed by atoms with Crippen LogP contribution in [0, 0.1) is 0 Å². The molecule has 1 saturated carbocycles. The summed E-state index contributed by atoms with van der Waals surface area (Å²) < 4.78 is 5.52. The van der Waals surface area contributed by atoms with E-state index in [-0.39, 0.29) is 16.9 Å². The Labute approximate surface area is 195 Å². The lowest BCUT2D eigenvalue weighted by Crippen LogP contribution is -2.41. The molecule has 0 N–H and O–H groups in total. The van der Waals surface area contributed by atoms with Gasteiger partial charge in [0.15, 0.2) is 0 Å². The Morgan fingerprint density at radius 1 is 1.06 bits per heavy atom. The van der Waals surface area contributed by atoms with Crippen molar-refractivity contribution in [2.75, 3.05) is 13.1 Å². The van der Waals surface area contributed by atoms with Crippen LogP contribution in [0.3, 0.4) is 0 Å². The number of carbonyl (C=O) groups is 1. The largest absolute Gasteiger partial charge is 0.444 e. The number of rotatable bonds is 3. The second-order valence-corrected chi connectivity index (χ2v) is 12.5. The molecule has 0 atom stereocenters. The summed E-state index contributed by atoms with van der Waals surface area (Å²) in [6.45, 7) is 15.9. The van der Waals surface area contributed by atoms with Gasteiger partial charge in [-0.25, -0.2) is 19.7 Å². The van der Waals surface area contributed by atoms with Gasteiger partial charge in [-0.2, -0.15) is 0 Å². The average molecular weight is 457 g/mol. The molecule has 32 heavy (non-hydrogen) atoms. The normalized spacial score (nSPS) is 19.2. The highest BCUT2D eigenvalue weighted by Crippen LogP contribution is 2.47. The van der Waals surface area contributed by atoms with Crippen molar-refractivity contribution < 1.29 is 9.53 Å². The van der Waals surface area contributed by atoms with Crippen molar-refractivity contribution in [2.45, 2.75) is 96.5 Å². The Kier molecular flexibility index (Phi) is 5.85. The lowest BCUT2D eigenvalue weighted by molar-refractivity contribution is 0.0205. The van der Waals surface area contributed by atoms with E-state index in [9.17, 15) is 4.79 Å². The summed E-state index contributed by atoms with van der Waals surface area (Å²) in [7, 11) is 0. The van der Waals surface area contributed by atoms with E-state index in [1.54, 1.807) is 11.3 Å². The zero-order valence-electron chi connectivity index (χ0n) is 20.5. The van der Waals surface area contributed by atoms with Crippen LogP contribution in [-0.2, 0) is 15.6 Å². The van der Waals surface area contributed by atoms with Crippen LogP contribution in [0.15, 0.2) is 11.4 Å². The first-order valence-corrected chi connectivity index (χ1v) is 12.6. The van der Waals surface area contributed by atoms with E-state index in [2.05, 4.69) is 39.1 Å². The zero-order chi connectivity index (χ0) is 23.3. The predicted molar refractivity (Wildman–Crippen MR) is 128 cm³/mol. The molecule has 2 aromatic heterocycles. The van der Waals surface area contributed by atoms with Crippen LogP contribution < -0.4 is 0 Å². The lowest BCUT2D eigenvalue weighted by atomic mass is 9.94. The van der Waals surface area contributed by atoms with Crippen LogP contribution in [0.5, 0.6) is 0 Å². The number of nitrogens with zero attached hydrogens (tertiary/aromatic N) is 4. The van der Waals surface area contributed by atoms with Crippen molar-refractivity contribution >= 4 is 17.4 Å². The molecule has 4 rings (SSSR count). The van der Waals surface area contributed by atoms with Crippen molar-refractivity contribution in [1.82, 2.24) is 19.9 Å². The van der Waals surface area contributed by atoms with Gasteiger partial charge in [-0.1, -0.05) is 27.7 Å². The molecule has 0 spiro atoms. The molecular formula is C25H36N4O2S. The number of carbonyl (C=O) groups excluding carboxylic acids is 1. The molecular weight excluding hydrogens is 420 g/mol. The van der Waals surface area contributed by atoms with E-state index in [0.717, 1.165) is 40.8 Å². The standard InChI is InChI=1S/C25H36N4O2S/c1-23(2,3)21-27-17(14-19(28-21)25(7)10-11-25)18-15-32-20(26-18)16-8-12-29(13-9-16)22(30)31-24(4,5)6/h14-16H,8-13H2,1-7H3. The topological polar surface area (TPSA) is 68.2 Å². The molecule has 174 valence electrons. The minimum absolute atomic E-state index is 0.108. The van der Waals surface area contributed by atoms with Crippen LogP contribution in [0.1, 0.15) is 96.6 Å². The van der Waals surface area contributed by atoms with Gasteiger partial charge in [0.2, 0.25) is 0 Å². The van der Waals surface area contributed by atoms with E-state index in [1.807, 2.05) is 25.7 Å². The third-order valence-corrected chi connectivity index (χ3v) is 7.30. The van der Waals surface area contributed by atoms with Gasteiger partial charge in [0, 0.05) is 35.2 Å². The zero-order valence-corrected chi connectivity index (χ0v) is 21.3. The molecule has 2 fully saturated rings. The fourth-order valence-electron chi connectivity index (χ4n) is 3.89. The maximum atomic E-state index is 12.4. The summed E-state index contributed by atoms with van der Waals surface area (Å²) in [6, 6.07) is 2.15. The van der Waals surface area contributed by atoms with Gasteiger partial charge in [-0.3, -0.25) is 0 Å². The second-order valence-electron chi connectivity index (χ2n) is 11.6. The Morgan fingerprint density at radius 2 is 1.72 bits per heavy atom. The maximum absolute atomic E-state index is 12.4. The van der Waals surface area contributed by atoms with Gasteiger partial charge >= 0.3 is 6.09 Å². The highest BCUT2D eigenvalue weighted by molar-refractivity contribution is 7.10. The summed E-state index contributed by atoms with van der Waals surface area (Å²) in [5.74, 6) is 1.26. The highest BCUT2D eigenvalue weighted by Gasteiger charge is 2.41. The molecule has 0 unspecified atom stereocenters. The molecule has 3 heterocycles. The van der Waals surface area contributed by atoms with Crippen molar-refractivity contribution in [3.8, 4) is 11.4 Å². The molecule has 2 aromatic rings. The van der Waals surface area contributed by atoms with Crippen LogP contribution in [-0.4, -0.2) is 44.6 Å². The molecule has 1 amide bonds. The van der Waals surface area contributed by atoms with Gasteiger partial charge in [0.1, 0.15) is 11.4 Å². The van der Waals surface area contributed by atoms with Crippen LogP contribution in [0.25, 0.3) is 11.4 Å².